The molecule has 4 aromatic rings. The maximum absolute atomic E-state index is 13.7. The van der Waals surface area contributed by atoms with Crippen LogP contribution in [0.25, 0.3) is 5.69 Å². The van der Waals surface area contributed by atoms with Gasteiger partial charge in [0, 0.05) is 32.3 Å². The SMILES string of the molecule is Cc1ccc2c(c1)C[C@@H](C)CN(Cc1cccc(-n3ncc(C(=O)O)c3[C@@H]3C[C@H]3c3cnn(C)c3)c1)S2(=O)=O. The third-order valence-electron chi connectivity index (χ3n) is 7.76. The predicted octanol–water partition coefficient (Wildman–Crippen LogP) is 4.27. The second-order valence-corrected chi connectivity index (χ2v) is 12.9. The van der Waals surface area contributed by atoms with Crippen LogP contribution in [0.2, 0.25) is 0 Å². The van der Waals surface area contributed by atoms with E-state index in [1.165, 1.54) is 6.20 Å². The number of aromatic carboxylic acids is 1. The van der Waals surface area contributed by atoms with Crippen LogP contribution >= 0.6 is 0 Å². The van der Waals surface area contributed by atoms with Gasteiger partial charge in [0.25, 0.3) is 0 Å². The number of aromatic nitrogens is 4. The lowest BCUT2D eigenvalue weighted by molar-refractivity contribution is 0.0695. The highest BCUT2D eigenvalue weighted by atomic mass is 32.2. The van der Waals surface area contributed by atoms with E-state index in [2.05, 4.69) is 17.1 Å². The summed E-state index contributed by atoms with van der Waals surface area (Å²) in [6, 6.07) is 13.1. The van der Waals surface area contributed by atoms with Crippen LogP contribution in [-0.4, -0.2) is 49.9 Å². The second kappa shape index (κ2) is 9.46. The zero-order chi connectivity index (χ0) is 27.5. The number of rotatable bonds is 6. The first-order valence-corrected chi connectivity index (χ1v) is 14.5. The van der Waals surface area contributed by atoms with E-state index in [1.807, 2.05) is 62.8 Å². The van der Waals surface area contributed by atoms with E-state index >= 15 is 0 Å². The van der Waals surface area contributed by atoms with Gasteiger partial charge in [0.05, 0.1) is 28.7 Å². The molecule has 1 aliphatic heterocycles. The number of hydrogen-bond donors (Lipinski definition) is 1. The number of hydrogen-bond acceptors (Lipinski definition) is 5. The molecule has 0 radical (unpaired) electrons. The highest BCUT2D eigenvalue weighted by molar-refractivity contribution is 7.89. The highest BCUT2D eigenvalue weighted by Gasteiger charge is 2.45. The summed E-state index contributed by atoms with van der Waals surface area (Å²) in [6.45, 7) is 4.70. The number of carboxylic acids is 1. The lowest BCUT2D eigenvalue weighted by Gasteiger charge is -2.22. The molecule has 3 heterocycles. The minimum atomic E-state index is -3.67. The molecule has 2 aromatic heterocycles. The van der Waals surface area contributed by atoms with E-state index in [-0.39, 0.29) is 29.9 Å². The summed E-state index contributed by atoms with van der Waals surface area (Å²) < 4.78 is 32.4. The smallest absolute Gasteiger partial charge is 0.339 e. The minimum Gasteiger partial charge on any atom is -0.478 e. The largest absolute Gasteiger partial charge is 0.478 e. The van der Waals surface area contributed by atoms with Crippen molar-refractivity contribution in [2.24, 2.45) is 13.0 Å². The predicted molar refractivity (Wildman–Crippen MR) is 145 cm³/mol. The number of carbonyl (C=O) groups is 1. The van der Waals surface area contributed by atoms with Gasteiger partial charge in [0.1, 0.15) is 5.56 Å². The highest BCUT2D eigenvalue weighted by Crippen LogP contribution is 2.55. The minimum absolute atomic E-state index is 0.0123. The molecule has 39 heavy (non-hydrogen) atoms. The molecule has 2 aromatic carbocycles. The Bertz CT molecular complexity index is 1690. The van der Waals surface area contributed by atoms with Crippen LogP contribution in [0.4, 0.5) is 0 Å². The van der Waals surface area contributed by atoms with Crippen molar-refractivity contribution in [2.45, 2.75) is 50.0 Å². The lowest BCUT2D eigenvalue weighted by atomic mass is 9.99. The van der Waals surface area contributed by atoms with E-state index in [0.717, 1.165) is 28.7 Å². The molecule has 0 unspecified atom stereocenters. The fourth-order valence-corrected chi connectivity index (χ4v) is 7.63. The maximum atomic E-state index is 13.7. The van der Waals surface area contributed by atoms with E-state index in [4.69, 9.17) is 0 Å². The number of nitrogens with zero attached hydrogens (tertiary/aromatic N) is 5. The number of fused-ring (bicyclic) bond motifs is 1. The molecule has 0 bridgehead atoms. The maximum Gasteiger partial charge on any atom is 0.339 e. The quantitative estimate of drug-likeness (QED) is 0.388. The zero-order valence-corrected chi connectivity index (χ0v) is 23.0. The Labute approximate surface area is 227 Å². The molecule has 1 aliphatic carbocycles. The van der Waals surface area contributed by atoms with Gasteiger partial charge in [-0.3, -0.25) is 4.68 Å². The van der Waals surface area contributed by atoms with Gasteiger partial charge in [-0.25, -0.2) is 17.9 Å². The van der Waals surface area contributed by atoms with Crippen molar-refractivity contribution in [3.8, 4) is 5.69 Å². The monoisotopic (exact) mass is 545 g/mol. The van der Waals surface area contributed by atoms with Crippen LogP contribution < -0.4 is 0 Å². The number of benzene rings is 2. The van der Waals surface area contributed by atoms with Crippen LogP contribution in [0.15, 0.2) is 66.0 Å². The lowest BCUT2D eigenvalue weighted by Crippen LogP contribution is -2.32. The molecule has 6 rings (SSSR count). The first-order valence-electron chi connectivity index (χ1n) is 13.1. The van der Waals surface area contributed by atoms with Crippen LogP contribution in [-0.2, 0) is 30.0 Å². The summed E-state index contributed by atoms with van der Waals surface area (Å²) in [5.74, 6) is -0.648. The van der Waals surface area contributed by atoms with Gasteiger partial charge in [-0.05, 0) is 66.5 Å². The van der Waals surface area contributed by atoms with Crippen molar-refractivity contribution in [3.63, 3.8) is 0 Å². The average Bonchev–Trinajstić information content (AvgIpc) is 3.35. The Balaban J connectivity index is 1.33. The molecule has 9 nitrogen and oxygen atoms in total. The topological polar surface area (TPSA) is 110 Å². The molecule has 202 valence electrons. The van der Waals surface area contributed by atoms with Crippen molar-refractivity contribution in [1.29, 1.82) is 0 Å². The third-order valence-corrected chi connectivity index (χ3v) is 9.68. The van der Waals surface area contributed by atoms with Gasteiger partial charge in [0.15, 0.2) is 0 Å². The second-order valence-electron chi connectivity index (χ2n) is 10.9. The first-order chi connectivity index (χ1) is 18.6. The van der Waals surface area contributed by atoms with E-state index < -0.39 is 16.0 Å². The van der Waals surface area contributed by atoms with Crippen LogP contribution in [0.5, 0.6) is 0 Å². The Morgan fingerprint density at radius 3 is 2.67 bits per heavy atom. The molecule has 0 spiro atoms. The summed E-state index contributed by atoms with van der Waals surface area (Å²) in [6.07, 6.45) is 6.73. The molecule has 1 saturated carbocycles. The van der Waals surface area contributed by atoms with Gasteiger partial charge >= 0.3 is 5.97 Å². The normalized spacial score (nSPS) is 22.3. The summed E-state index contributed by atoms with van der Waals surface area (Å²) in [7, 11) is -1.81. The molecule has 10 heteroatoms. The fourth-order valence-electron chi connectivity index (χ4n) is 5.87. The summed E-state index contributed by atoms with van der Waals surface area (Å²) in [5.41, 5.74) is 5.38. The Morgan fingerprint density at radius 2 is 1.92 bits per heavy atom. The van der Waals surface area contributed by atoms with Crippen LogP contribution in [0.3, 0.4) is 0 Å². The molecular formula is C29H31N5O4S. The van der Waals surface area contributed by atoms with E-state index in [1.54, 1.807) is 19.7 Å². The molecule has 1 N–H and O–H groups in total. The van der Waals surface area contributed by atoms with Crippen LogP contribution in [0.1, 0.15) is 63.5 Å². The van der Waals surface area contributed by atoms with Crippen LogP contribution in [0, 0.1) is 12.8 Å². The fraction of sp³-hybridized carbons (Fsp3) is 0.345. The Morgan fingerprint density at radius 1 is 1.10 bits per heavy atom. The van der Waals surface area contributed by atoms with Crippen molar-refractivity contribution in [3.05, 3.63) is 94.6 Å². The number of sulfonamides is 1. The van der Waals surface area contributed by atoms with E-state index in [0.29, 0.717) is 29.2 Å². The molecule has 0 amide bonds. The number of carboxylic acid groups (broad SMARTS) is 1. The van der Waals surface area contributed by atoms with Gasteiger partial charge in [-0.1, -0.05) is 36.8 Å². The Hall–Kier alpha value is -3.76. The molecule has 0 saturated heterocycles. The summed E-state index contributed by atoms with van der Waals surface area (Å²) in [5, 5.41) is 18.6. The van der Waals surface area contributed by atoms with Gasteiger partial charge in [0.2, 0.25) is 10.0 Å². The van der Waals surface area contributed by atoms with Crippen molar-refractivity contribution >= 4 is 16.0 Å². The molecular weight excluding hydrogens is 514 g/mol. The summed E-state index contributed by atoms with van der Waals surface area (Å²) in [4.78, 5) is 12.5. The standard InChI is InChI=1S/C29H31N5O4S/c1-18-7-8-27-21(9-18)10-19(2)15-33(39(27,37)38)16-20-5-4-6-23(11-20)34-28(26(14-31-34)29(35)36)25-12-24(25)22-13-30-32(3)17-22/h4-9,11,13-14,17,19,24-25H,10,12,15-16H2,1-3H3,(H,35,36)/t19-,24+,25-/m1/s1. The third kappa shape index (κ3) is 4.68. The van der Waals surface area contributed by atoms with Gasteiger partial charge < -0.3 is 5.11 Å². The zero-order valence-electron chi connectivity index (χ0n) is 22.2. The molecule has 1 fully saturated rings. The van der Waals surface area contributed by atoms with Crippen molar-refractivity contribution < 1.29 is 18.3 Å². The van der Waals surface area contributed by atoms with Crippen molar-refractivity contribution in [2.75, 3.05) is 6.54 Å². The van der Waals surface area contributed by atoms with E-state index in [9.17, 15) is 18.3 Å². The average molecular weight is 546 g/mol. The van der Waals surface area contributed by atoms with Gasteiger partial charge in [-0.15, -0.1) is 0 Å². The summed E-state index contributed by atoms with van der Waals surface area (Å²) >= 11 is 0. The first kappa shape index (κ1) is 25.5. The Kier molecular flexibility index (Phi) is 6.19. The van der Waals surface area contributed by atoms with Gasteiger partial charge in [-0.2, -0.15) is 14.5 Å². The number of aryl methyl sites for hydroxylation is 2. The molecule has 3 atom stereocenters. The van der Waals surface area contributed by atoms with Crippen molar-refractivity contribution in [1.82, 2.24) is 23.9 Å². The molecule has 2 aliphatic rings.